The Balaban J connectivity index is 1.94. The molecule has 1 aliphatic carbocycles. The number of nitrogens with zero attached hydrogens (tertiary/aromatic N) is 3. The van der Waals surface area contributed by atoms with Crippen LogP contribution in [0.1, 0.15) is 11.1 Å². The van der Waals surface area contributed by atoms with Gasteiger partial charge in [-0.15, -0.1) is 0 Å². The van der Waals surface area contributed by atoms with Crippen molar-refractivity contribution in [3.63, 3.8) is 0 Å². The van der Waals surface area contributed by atoms with Crippen LogP contribution in [-0.2, 0) is 0 Å². The van der Waals surface area contributed by atoms with E-state index in [1.165, 1.54) is 24.3 Å². The van der Waals surface area contributed by atoms with Crippen molar-refractivity contribution in [3.8, 4) is 16.9 Å². The van der Waals surface area contributed by atoms with Crippen LogP contribution >= 0.6 is 0 Å². The summed E-state index contributed by atoms with van der Waals surface area (Å²) in [7, 11) is 1.56. The summed E-state index contributed by atoms with van der Waals surface area (Å²) in [6.07, 6.45) is 0. The molecule has 8 nitrogen and oxygen atoms in total. The lowest BCUT2D eigenvalue weighted by atomic mass is 10.1. The number of fused-ring (bicyclic) bond motifs is 3. The van der Waals surface area contributed by atoms with Gasteiger partial charge in [0, 0.05) is 35.4 Å². The number of nitro benzene ring substituents is 2. The van der Waals surface area contributed by atoms with E-state index in [2.05, 4.69) is 4.99 Å². The summed E-state index contributed by atoms with van der Waals surface area (Å²) >= 11 is 0. The highest BCUT2D eigenvalue weighted by Gasteiger charge is 2.29. The number of methoxy groups -OCH3 is 1. The second-order valence-electron chi connectivity index (χ2n) is 6.13. The Morgan fingerprint density at radius 1 is 0.750 bits per heavy atom. The molecule has 0 bridgehead atoms. The molecule has 8 heteroatoms. The number of ether oxygens (including phenoxy) is 1. The smallest absolute Gasteiger partial charge is 0.270 e. The molecule has 3 aromatic rings. The second kappa shape index (κ2) is 6.58. The van der Waals surface area contributed by atoms with Gasteiger partial charge >= 0.3 is 0 Å². The number of aliphatic imine (C=N–C) groups is 1. The van der Waals surface area contributed by atoms with Crippen molar-refractivity contribution < 1.29 is 14.6 Å². The van der Waals surface area contributed by atoms with Gasteiger partial charge in [0.2, 0.25) is 0 Å². The van der Waals surface area contributed by atoms with E-state index >= 15 is 0 Å². The van der Waals surface area contributed by atoms with Crippen molar-refractivity contribution in [3.05, 3.63) is 92.0 Å². The number of non-ortho nitro benzene ring substituents is 2. The topological polar surface area (TPSA) is 108 Å². The minimum atomic E-state index is -0.475. The first-order valence-electron chi connectivity index (χ1n) is 8.28. The Morgan fingerprint density at radius 3 is 1.68 bits per heavy atom. The number of benzene rings is 3. The van der Waals surface area contributed by atoms with E-state index in [9.17, 15) is 20.2 Å². The predicted molar refractivity (Wildman–Crippen MR) is 103 cm³/mol. The van der Waals surface area contributed by atoms with Gasteiger partial charge in [-0.2, -0.15) is 0 Å². The maximum atomic E-state index is 11.2. The van der Waals surface area contributed by atoms with Crippen LogP contribution in [0.2, 0.25) is 0 Å². The van der Waals surface area contributed by atoms with Crippen LogP contribution in [0.15, 0.2) is 65.7 Å². The molecule has 3 aromatic carbocycles. The SMILES string of the molecule is COc1ccc(N=C2c3cc([N+](=O)[O-])ccc3-c3ccc([N+](=O)[O-])cc32)cc1. The lowest BCUT2D eigenvalue weighted by Crippen LogP contribution is -2.00. The van der Waals surface area contributed by atoms with Gasteiger partial charge in [-0.25, -0.2) is 4.99 Å². The third-order valence-electron chi connectivity index (χ3n) is 4.54. The minimum Gasteiger partial charge on any atom is -0.497 e. The fraction of sp³-hybridized carbons (Fsp3) is 0.0500. The highest BCUT2D eigenvalue weighted by atomic mass is 16.6. The second-order valence-corrected chi connectivity index (χ2v) is 6.13. The van der Waals surface area contributed by atoms with Gasteiger partial charge in [0.25, 0.3) is 11.4 Å². The van der Waals surface area contributed by atoms with Gasteiger partial charge in [-0.1, -0.05) is 0 Å². The molecule has 0 aliphatic heterocycles. The molecular weight excluding hydrogens is 362 g/mol. The lowest BCUT2D eigenvalue weighted by Gasteiger charge is -2.04. The zero-order valence-electron chi connectivity index (χ0n) is 14.7. The third-order valence-corrected chi connectivity index (χ3v) is 4.54. The maximum Gasteiger partial charge on any atom is 0.270 e. The predicted octanol–water partition coefficient (Wildman–Crippen LogP) is 4.66. The van der Waals surface area contributed by atoms with E-state index in [1.54, 1.807) is 43.5 Å². The molecule has 0 amide bonds. The summed E-state index contributed by atoms with van der Waals surface area (Å²) in [5.41, 5.74) is 3.58. The quantitative estimate of drug-likeness (QED) is 0.381. The third kappa shape index (κ3) is 2.86. The fourth-order valence-corrected chi connectivity index (χ4v) is 3.20. The normalized spacial score (nSPS) is 11.5. The molecule has 0 radical (unpaired) electrons. The zero-order chi connectivity index (χ0) is 19.8. The molecule has 0 fully saturated rings. The summed E-state index contributed by atoms with van der Waals surface area (Å²) < 4.78 is 5.14. The molecule has 4 rings (SSSR count). The monoisotopic (exact) mass is 375 g/mol. The highest BCUT2D eigenvalue weighted by Crippen LogP contribution is 2.41. The summed E-state index contributed by atoms with van der Waals surface area (Å²) in [5, 5.41) is 22.4. The van der Waals surface area contributed by atoms with E-state index in [1.807, 2.05) is 0 Å². The molecule has 0 heterocycles. The van der Waals surface area contributed by atoms with Gasteiger partial charge < -0.3 is 4.74 Å². The Hall–Kier alpha value is -4.07. The van der Waals surface area contributed by atoms with Crippen LogP contribution in [0, 0.1) is 20.2 Å². The molecule has 0 N–H and O–H groups in total. The summed E-state index contributed by atoms with van der Waals surface area (Å²) in [5.74, 6) is 0.669. The number of rotatable bonds is 4. The van der Waals surface area contributed by atoms with E-state index in [4.69, 9.17) is 4.74 Å². The fourth-order valence-electron chi connectivity index (χ4n) is 3.20. The van der Waals surface area contributed by atoms with Crippen LogP contribution in [0.3, 0.4) is 0 Å². The van der Waals surface area contributed by atoms with Gasteiger partial charge in [0.05, 0.1) is 28.4 Å². The molecule has 0 saturated heterocycles. The van der Waals surface area contributed by atoms with Crippen molar-refractivity contribution in [1.29, 1.82) is 0 Å². The largest absolute Gasteiger partial charge is 0.497 e. The van der Waals surface area contributed by atoms with E-state index in [0.717, 1.165) is 11.1 Å². The Bertz CT molecular complexity index is 1090. The summed E-state index contributed by atoms with van der Waals surface area (Å²) in [4.78, 5) is 26.1. The molecule has 0 unspecified atom stereocenters. The molecule has 0 spiro atoms. The summed E-state index contributed by atoms with van der Waals surface area (Å²) in [6, 6.07) is 16.0. The van der Waals surface area contributed by atoms with Crippen LogP contribution in [-0.4, -0.2) is 22.7 Å². The van der Waals surface area contributed by atoms with Crippen molar-refractivity contribution in [2.75, 3.05) is 7.11 Å². The van der Waals surface area contributed by atoms with E-state index in [-0.39, 0.29) is 11.4 Å². The number of nitro groups is 2. The number of hydrogen-bond acceptors (Lipinski definition) is 6. The van der Waals surface area contributed by atoms with Crippen LogP contribution < -0.4 is 4.74 Å². The average molecular weight is 375 g/mol. The van der Waals surface area contributed by atoms with Crippen LogP contribution in [0.4, 0.5) is 17.1 Å². The van der Waals surface area contributed by atoms with Gasteiger partial charge in [0.1, 0.15) is 5.75 Å². The molecule has 1 aliphatic rings. The number of hydrogen-bond donors (Lipinski definition) is 0. The Morgan fingerprint density at radius 2 is 1.25 bits per heavy atom. The average Bonchev–Trinajstić information content (AvgIpc) is 3.01. The van der Waals surface area contributed by atoms with Crippen LogP contribution in [0.25, 0.3) is 11.1 Å². The maximum absolute atomic E-state index is 11.2. The molecule has 0 atom stereocenters. The van der Waals surface area contributed by atoms with Gasteiger partial charge in [0.15, 0.2) is 0 Å². The molecule has 28 heavy (non-hydrogen) atoms. The van der Waals surface area contributed by atoms with Gasteiger partial charge in [-0.3, -0.25) is 20.2 Å². The Labute approximate surface area is 159 Å². The van der Waals surface area contributed by atoms with E-state index in [0.29, 0.717) is 28.3 Å². The molecular formula is C20H13N3O5. The van der Waals surface area contributed by atoms with Crippen molar-refractivity contribution >= 4 is 22.8 Å². The van der Waals surface area contributed by atoms with Gasteiger partial charge in [-0.05, 0) is 47.5 Å². The zero-order valence-corrected chi connectivity index (χ0v) is 14.7. The highest BCUT2D eigenvalue weighted by molar-refractivity contribution is 6.25. The first-order valence-corrected chi connectivity index (χ1v) is 8.28. The lowest BCUT2D eigenvalue weighted by molar-refractivity contribution is -0.385. The first kappa shape index (κ1) is 17.3. The first-order chi connectivity index (χ1) is 13.5. The van der Waals surface area contributed by atoms with Crippen molar-refractivity contribution in [2.45, 2.75) is 0 Å². The molecule has 0 saturated carbocycles. The minimum absolute atomic E-state index is 0.0662. The Kier molecular flexibility index (Phi) is 4.08. The summed E-state index contributed by atoms with van der Waals surface area (Å²) in [6.45, 7) is 0. The van der Waals surface area contributed by atoms with E-state index < -0.39 is 9.85 Å². The standard InChI is InChI=1S/C20H13N3O5/c1-28-15-6-2-12(3-7-15)21-20-18-10-13(22(24)25)4-8-16(18)17-9-5-14(23(26)27)11-19(17)20/h2-11H,1H3. The van der Waals surface area contributed by atoms with Crippen LogP contribution in [0.5, 0.6) is 5.75 Å². The molecule has 0 aromatic heterocycles. The molecule has 138 valence electrons. The van der Waals surface area contributed by atoms with Crippen molar-refractivity contribution in [1.82, 2.24) is 0 Å². The van der Waals surface area contributed by atoms with Crippen molar-refractivity contribution in [2.24, 2.45) is 4.99 Å².